The van der Waals surface area contributed by atoms with Gasteiger partial charge < -0.3 is 10.1 Å². The number of halogens is 1. The second-order valence-electron chi connectivity index (χ2n) is 5.78. The van der Waals surface area contributed by atoms with Crippen molar-refractivity contribution in [3.63, 3.8) is 0 Å². The van der Waals surface area contributed by atoms with Gasteiger partial charge in [-0.05, 0) is 42.1 Å². The summed E-state index contributed by atoms with van der Waals surface area (Å²) in [6.07, 6.45) is 1.12. The highest BCUT2D eigenvalue weighted by Gasteiger charge is 2.27. The molecule has 1 fully saturated rings. The van der Waals surface area contributed by atoms with E-state index < -0.39 is 0 Å². The van der Waals surface area contributed by atoms with Crippen LogP contribution in [0.5, 0.6) is 5.75 Å². The van der Waals surface area contributed by atoms with Crippen molar-refractivity contribution in [3.05, 3.63) is 65.7 Å². The molecule has 1 saturated heterocycles. The summed E-state index contributed by atoms with van der Waals surface area (Å²) in [4.78, 5) is 11.0. The topological polar surface area (TPSA) is 58.6 Å². The monoisotopic (exact) mass is 347 g/mol. The number of piperidine rings is 1. The van der Waals surface area contributed by atoms with Gasteiger partial charge in [0.1, 0.15) is 5.75 Å². The number of hydrogen-bond acceptors (Lipinski definition) is 4. The Bertz CT molecular complexity index is 631. The van der Waals surface area contributed by atoms with E-state index in [9.17, 15) is 4.79 Å². The zero-order valence-corrected chi connectivity index (χ0v) is 14.4. The molecule has 3 rings (SSSR count). The molecule has 0 spiro atoms. The van der Waals surface area contributed by atoms with Crippen LogP contribution in [0.1, 0.15) is 36.3 Å². The molecule has 0 saturated carbocycles. The first kappa shape index (κ1) is 18.5. The minimum atomic E-state index is -0.281. The van der Waals surface area contributed by atoms with Crippen molar-refractivity contribution in [2.45, 2.75) is 25.2 Å². The third-order valence-corrected chi connectivity index (χ3v) is 4.28. The van der Waals surface area contributed by atoms with Crippen molar-refractivity contribution in [1.29, 1.82) is 0 Å². The van der Waals surface area contributed by atoms with Gasteiger partial charge in [-0.1, -0.05) is 42.5 Å². The zero-order valence-electron chi connectivity index (χ0n) is 13.6. The average molecular weight is 348 g/mol. The molecule has 0 bridgehead atoms. The molecule has 128 valence electrons. The van der Waals surface area contributed by atoms with Gasteiger partial charge in [0.05, 0.1) is 11.9 Å². The van der Waals surface area contributed by atoms with E-state index in [4.69, 9.17) is 9.40 Å². The van der Waals surface area contributed by atoms with E-state index in [-0.39, 0.29) is 5.97 Å². The number of ether oxygens (including phenoxy) is 1. The molecule has 4 nitrogen and oxygen atoms in total. The minimum Gasteiger partial charge on any atom is -0.427 e. The maximum Gasteiger partial charge on any atom is 0.308 e. The van der Waals surface area contributed by atoms with Crippen molar-refractivity contribution in [1.82, 2.24) is 5.32 Å². The molecule has 2 aromatic carbocycles. The van der Waals surface area contributed by atoms with Crippen molar-refractivity contribution < 1.29 is 14.2 Å². The van der Waals surface area contributed by atoms with Crippen molar-refractivity contribution in [2.24, 2.45) is 0 Å². The molecule has 0 aliphatic carbocycles. The lowest BCUT2D eigenvalue weighted by Crippen LogP contribution is -2.34. The van der Waals surface area contributed by atoms with Gasteiger partial charge in [-0.3, -0.25) is 9.45 Å². The number of carbonyl (C=O) groups is 1. The standard InChI is InChI=1S/C19H21NO2.ClHO/c1-14(21)22-17-9-7-16(8-10-17)18-11-12-20-13-19(18)15-5-3-2-4-6-15;1-2/h2-10,18-20H,11-13H2,1H3;2H/t18-,19-;/m0./s1. The van der Waals surface area contributed by atoms with E-state index >= 15 is 0 Å². The summed E-state index contributed by atoms with van der Waals surface area (Å²) in [5.41, 5.74) is 2.69. The van der Waals surface area contributed by atoms with Gasteiger partial charge in [-0.15, -0.1) is 0 Å². The highest BCUT2D eigenvalue weighted by Crippen LogP contribution is 2.37. The third-order valence-electron chi connectivity index (χ3n) is 4.28. The molecule has 1 heterocycles. The predicted octanol–water partition coefficient (Wildman–Crippen LogP) is 3.61. The Morgan fingerprint density at radius 2 is 1.67 bits per heavy atom. The average Bonchev–Trinajstić information content (AvgIpc) is 2.64. The Kier molecular flexibility index (Phi) is 7.25. The molecule has 0 unspecified atom stereocenters. The van der Waals surface area contributed by atoms with E-state index in [1.54, 1.807) is 0 Å². The lowest BCUT2D eigenvalue weighted by molar-refractivity contribution is -0.131. The second kappa shape index (κ2) is 9.42. The van der Waals surface area contributed by atoms with Crippen LogP contribution < -0.4 is 10.1 Å². The Morgan fingerprint density at radius 3 is 2.29 bits per heavy atom. The van der Waals surface area contributed by atoms with Gasteiger partial charge in [0.15, 0.2) is 0 Å². The Morgan fingerprint density at radius 1 is 1.04 bits per heavy atom. The highest BCUT2D eigenvalue weighted by molar-refractivity contribution is 6.04. The molecular formula is C19H22ClNO3. The number of benzene rings is 2. The Balaban J connectivity index is 0.00000100. The quantitative estimate of drug-likeness (QED) is 0.658. The SMILES string of the molecule is CC(=O)Oc1ccc([C@@H]2CCNC[C@H]2c2ccccc2)cc1.OCl. The van der Waals surface area contributed by atoms with Gasteiger partial charge in [-0.25, -0.2) is 0 Å². The van der Waals surface area contributed by atoms with Crippen LogP contribution in [0, 0.1) is 0 Å². The number of carbonyl (C=O) groups excluding carboxylic acids is 1. The summed E-state index contributed by atoms with van der Waals surface area (Å²) in [6.45, 7) is 3.46. The summed E-state index contributed by atoms with van der Waals surface area (Å²) >= 11 is 3.64. The van der Waals surface area contributed by atoms with Gasteiger partial charge >= 0.3 is 5.97 Å². The molecule has 0 aromatic heterocycles. The molecule has 0 amide bonds. The number of nitrogens with one attached hydrogen (secondary N) is 1. The van der Waals surface area contributed by atoms with Crippen molar-refractivity contribution >= 4 is 17.8 Å². The lowest BCUT2D eigenvalue weighted by Gasteiger charge is -2.33. The summed E-state index contributed by atoms with van der Waals surface area (Å²) in [5.74, 6) is 1.31. The van der Waals surface area contributed by atoms with Crippen LogP contribution in [0.3, 0.4) is 0 Å². The summed E-state index contributed by atoms with van der Waals surface area (Å²) < 4.78 is 11.6. The van der Waals surface area contributed by atoms with E-state index in [1.807, 2.05) is 12.1 Å². The normalized spacial score (nSPS) is 19.8. The molecule has 1 aliphatic heterocycles. The minimum absolute atomic E-state index is 0.281. The zero-order chi connectivity index (χ0) is 17.4. The van der Waals surface area contributed by atoms with Gasteiger partial charge in [0, 0.05) is 19.4 Å². The third kappa shape index (κ3) is 4.81. The van der Waals surface area contributed by atoms with E-state index in [1.165, 1.54) is 18.1 Å². The first-order valence-electron chi connectivity index (χ1n) is 7.95. The lowest BCUT2D eigenvalue weighted by atomic mass is 9.77. The van der Waals surface area contributed by atoms with Gasteiger partial charge in [-0.2, -0.15) is 0 Å². The van der Waals surface area contributed by atoms with Crippen LogP contribution in [-0.2, 0) is 4.79 Å². The number of esters is 1. The van der Waals surface area contributed by atoms with Crippen LogP contribution in [0.15, 0.2) is 54.6 Å². The van der Waals surface area contributed by atoms with E-state index in [0.717, 1.165) is 19.5 Å². The molecule has 24 heavy (non-hydrogen) atoms. The number of hydrogen-bond donors (Lipinski definition) is 2. The van der Waals surface area contributed by atoms with E-state index in [0.29, 0.717) is 17.6 Å². The highest BCUT2D eigenvalue weighted by atomic mass is 35.5. The fraction of sp³-hybridized carbons (Fsp3) is 0.316. The molecule has 0 radical (unpaired) electrons. The predicted molar refractivity (Wildman–Crippen MR) is 95.2 cm³/mol. The van der Waals surface area contributed by atoms with Crippen molar-refractivity contribution in [3.8, 4) is 5.75 Å². The Labute approximate surface area is 147 Å². The van der Waals surface area contributed by atoms with Crippen molar-refractivity contribution in [2.75, 3.05) is 13.1 Å². The fourth-order valence-corrected chi connectivity index (χ4v) is 3.26. The van der Waals surface area contributed by atoms with Gasteiger partial charge in [0.2, 0.25) is 0 Å². The van der Waals surface area contributed by atoms with Crippen LogP contribution in [-0.4, -0.2) is 23.7 Å². The first-order chi connectivity index (χ1) is 11.7. The molecule has 2 atom stereocenters. The molecule has 2 N–H and O–H groups in total. The first-order valence-corrected chi connectivity index (χ1v) is 8.29. The molecule has 5 heteroatoms. The summed E-state index contributed by atoms with van der Waals surface area (Å²) in [5, 5.41) is 3.50. The number of rotatable bonds is 3. The Hall–Kier alpha value is -1.88. The fourth-order valence-electron chi connectivity index (χ4n) is 3.26. The molecular weight excluding hydrogens is 326 g/mol. The molecule has 2 aromatic rings. The maximum absolute atomic E-state index is 11.0. The molecule has 1 aliphatic rings. The van der Waals surface area contributed by atoms with Gasteiger partial charge in [0.25, 0.3) is 0 Å². The summed E-state index contributed by atoms with van der Waals surface area (Å²) in [7, 11) is 0. The second-order valence-corrected chi connectivity index (χ2v) is 5.78. The summed E-state index contributed by atoms with van der Waals surface area (Å²) in [6, 6.07) is 18.6. The smallest absolute Gasteiger partial charge is 0.308 e. The largest absolute Gasteiger partial charge is 0.427 e. The van der Waals surface area contributed by atoms with Crippen LogP contribution in [0.25, 0.3) is 0 Å². The van der Waals surface area contributed by atoms with Crippen LogP contribution in [0.2, 0.25) is 0 Å². The van der Waals surface area contributed by atoms with Crippen LogP contribution in [0.4, 0.5) is 0 Å². The maximum atomic E-state index is 11.0. The van der Waals surface area contributed by atoms with Crippen LogP contribution >= 0.6 is 11.9 Å². The van der Waals surface area contributed by atoms with E-state index in [2.05, 4.69) is 59.6 Å².